The quantitative estimate of drug-likeness (QED) is 0.921. The average Bonchev–Trinajstić information content (AvgIpc) is 2.54. The van der Waals surface area contributed by atoms with E-state index in [1.54, 1.807) is 0 Å². The van der Waals surface area contributed by atoms with Crippen molar-refractivity contribution in [3.8, 4) is 5.75 Å². The minimum absolute atomic E-state index is 0.124. The van der Waals surface area contributed by atoms with Gasteiger partial charge < -0.3 is 5.11 Å². The Morgan fingerprint density at radius 1 is 1.29 bits per heavy atom. The summed E-state index contributed by atoms with van der Waals surface area (Å²) in [6, 6.07) is 6.45. The number of phenols is 1. The van der Waals surface area contributed by atoms with Crippen LogP contribution in [0.25, 0.3) is 0 Å². The fourth-order valence-corrected chi connectivity index (χ4v) is 5.54. The molecule has 1 heterocycles. The number of hydrogen-bond acceptors (Lipinski definition) is 3. The number of benzene rings is 1. The summed E-state index contributed by atoms with van der Waals surface area (Å²) in [5, 5.41) is 10.0. The fraction of sp³-hybridized carbons (Fsp3) is 0.667. The number of carbonyl (C=O) groups is 1. The second-order valence-electron chi connectivity index (χ2n) is 8.59. The van der Waals surface area contributed by atoms with Crippen molar-refractivity contribution in [3.63, 3.8) is 0 Å². The molecule has 2 aliphatic carbocycles. The van der Waals surface area contributed by atoms with Crippen LogP contribution in [0.15, 0.2) is 18.2 Å². The van der Waals surface area contributed by atoms with E-state index in [1.807, 2.05) is 12.1 Å². The van der Waals surface area contributed by atoms with Gasteiger partial charge in [-0.25, -0.2) is 0 Å². The average molecular weight is 327 g/mol. The van der Waals surface area contributed by atoms with Gasteiger partial charge in [0.15, 0.2) is 0 Å². The molecule has 1 saturated heterocycles. The summed E-state index contributed by atoms with van der Waals surface area (Å²) < 4.78 is 0. The molecule has 2 fully saturated rings. The zero-order valence-electron chi connectivity index (χ0n) is 14.9. The van der Waals surface area contributed by atoms with Crippen LogP contribution in [0.1, 0.15) is 57.1 Å². The highest BCUT2D eigenvalue weighted by atomic mass is 16.3. The Balaban J connectivity index is 1.73. The fourth-order valence-electron chi connectivity index (χ4n) is 5.54. The number of nitrogens with zero attached hydrogens (tertiary/aromatic N) is 1. The van der Waals surface area contributed by atoms with Crippen molar-refractivity contribution in [1.82, 2.24) is 4.90 Å². The van der Waals surface area contributed by atoms with Gasteiger partial charge >= 0.3 is 0 Å². The number of piperidine rings is 1. The molecule has 3 heteroatoms. The third kappa shape index (κ3) is 2.48. The summed E-state index contributed by atoms with van der Waals surface area (Å²) in [6.45, 7) is 6.86. The molecule has 1 aromatic carbocycles. The van der Waals surface area contributed by atoms with Crippen molar-refractivity contribution in [2.45, 2.75) is 63.8 Å². The molecule has 0 unspecified atom stereocenters. The van der Waals surface area contributed by atoms with Gasteiger partial charge in [-0.3, -0.25) is 9.69 Å². The Bertz CT molecular complexity index is 653. The predicted octanol–water partition coefficient (Wildman–Crippen LogP) is 3.68. The highest BCUT2D eigenvalue weighted by Crippen LogP contribution is 2.55. The van der Waals surface area contributed by atoms with Crippen molar-refractivity contribution in [1.29, 1.82) is 0 Å². The summed E-state index contributed by atoms with van der Waals surface area (Å²) >= 11 is 0. The lowest BCUT2D eigenvalue weighted by molar-refractivity contribution is -0.127. The highest BCUT2D eigenvalue weighted by Gasteiger charge is 2.55. The van der Waals surface area contributed by atoms with Crippen molar-refractivity contribution >= 4 is 5.78 Å². The van der Waals surface area contributed by atoms with Crippen LogP contribution in [-0.2, 0) is 16.6 Å². The van der Waals surface area contributed by atoms with Gasteiger partial charge in [0.25, 0.3) is 0 Å². The molecule has 1 saturated carbocycles. The van der Waals surface area contributed by atoms with Gasteiger partial charge in [-0.2, -0.15) is 0 Å². The maximum atomic E-state index is 12.2. The number of carbonyl (C=O) groups excluding carboxylic acids is 1. The van der Waals surface area contributed by atoms with Gasteiger partial charge in [-0.1, -0.05) is 19.9 Å². The molecule has 0 aromatic heterocycles. The molecular formula is C21H29NO2. The molecular weight excluding hydrogens is 298 g/mol. The van der Waals surface area contributed by atoms with Crippen LogP contribution in [0.5, 0.6) is 5.75 Å². The van der Waals surface area contributed by atoms with E-state index in [-0.39, 0.29) is 5.41 Å². The van der Waals surface area contributed by atoms with Gasteiger partial charge in [-0.05, 0) is 73.9 Å². The largest absolute Gasteiger partial charge is 0.508 e. The van der Waals surface area contributed by atoms with Crippen LogP contribution in [0.3, 0.4) is 0 Å². The van der Waals surface area contributed by atoms with Gasteiger partial charge in [0, 0.05) is 24.3 Å². The third-order valence-corrected chi connectivity index (χ3v) is 6.84. The Labute approximate surface area is 145 Å². The number of Topliss-reactive ketones (excluding diaryl/α,β-unsaturated/α-hetero) is 1. The van der Waals surface area contributed by atoms with E-state index < -0.39 is 0 Å². The van der Waals surface area contributed by atoms with E-state index in [1.165, 1.54) is 17.5 Å². The third-order valence-electron chi connectivity index (χ3n) is 6.84. The number of ketones is 1. The SMILES string of the molecule is CC(C)CCN1CC[C@]23CCC(=O)C[C@H]2[C@H]1Cc1ccc(O)cc13. The lowest BCUT2D eigenvalue weighted by Gasteiger charge is -2.58. The monoisotopic (exact) mass is 327 g/mol. The standard InChI is InChI=1S/C21H29NO2/c1-14(2)6-9-22-10-8-21-7-5-17(24)13-19(21)20(22)11-15-3-4-16(23)12-18(15)21/h3-4,12,14,19-20,23H,5-11,13H2,1-2H3/t19-,20+,21-/m0/s1. The first kappa shape index (κ1) is 16.1. The molecule has 1 aliphatic heterocycles. The molecule has 2 bridgehead atoms. The molecule has 4 rings (SSSR count). The zero-order valence-corrected chi connectivity index (χ0v) is 14.9. The van der Waals surface area contributed by atoms with Crippen LogP contribution < -0.4 is 0 Å². The lowest BCUT2D eigenvalue weighted by atomic mass is 9.52. The van der Waals surface area contributed by atoms with Crippen molar-refractivity contribution in [2.75, 3.05) is 13.1 Å². The smallest absolute Gasteiger partial charge is 0.133 e. The molecule has 1 N–H and O–H groups in total. The summed E-state index contributed by atoms with van der Waals surface area (Å²) in [5.74, 6) is 1.97. The molecule has 0 spiro atoms. The topological polar surface area (TPSA) is 40.5 Å². The summed E-state index contributed by atoms with van der Waals surface area (Å²) in [5.41, 5.74) is 2.87. The first-order valence-electron chi connectivity index (χ1n) is 9.58. The first-order chi connectivity index (χ1) is 11.5. The van der Waals surface area contributed by atoms with Crippen molar-refractivity contribution in [2.24, 2.45) is 11.8 Å². The minimum Gasteiger partial charge on any atom is -0.508 e. The van der Waals surface area contributed by atoms with Gasteiger partial charge in [0.2, 0.25) is 0 Å². The number of aromatic hydroxyl groups is 1. The first-order valence-corrected chi connectivity index (χ1v) is 9.58. The zero-order chi connectivity index (χ0) is 16.9. The lowest BCUT2D eigenvalue weighted by Crippen LogP contribution is -2.62. The summed E-state index contributed by atoms with van der Waals surface area (Å²) in [4.78, 5) is 14.9. The van der Waals surface area contributed by atoms with Gasteiger partial charge in [0.1, 0.15) is 11.5 Å². The maximum absolute atomic E-state index is 12.2. The molecule has 24 heavy (non-hydrogen) atoms. The number of phenolic OH excluding ortho intramolecular Hbond substituents is 1. The summed E-state index contributed by atoms with van der Waals surface area (Å²) in [7, 11) is 0. The Morgan fingerprint density at radius 2 is 2.12 bits per heavy atom. The normalized spacial score (nSPS) is 32.5. The second-order valence-corrected chi connectivity index (χ2v) is 8.59. The highest BCUT2D eigenvalue weighted by molar-refractivity contribution is 5.80. The molecule has 0 amide bonds. The molecule has 3 nitrogen and oxygen atoms in total. The van der Waals surface area contributed by atoms with Crippen LogP contribution in [0, 0.1) is 11.8 Å². The van der Waals surface area contributed by atoms with Crippen LogP contribution in [0.4, 0.5) is 0 Å². The number of hydrogen-bond donors (Lipinski definition) is 1. The Hall–Kier alpha value is -1.35. The summed E-state index contributed by atoms with van der Waals surface area (Å²) in [6.07, 6.45) is 5.82. The number of fused-ring (bicyclic) bond motifs is 1. The van der Waals surface area contributed by atoms with E-state index in [0.29, 0.717) is 29.9 Å². The van der Waals surface area contributed by atoms with Crippen molar-refractivity contribution < 1.29 is 9.90 Å². The molecule has 130 valence electrons. The van der Waals surface area contributed by atoms with E-state index >= 15 is 0 Å². The maximum Gasteiger partial charge on any atom is 0.133 e. The molecule has 0 radical (unpaired) electrons. The van der Waals surface area contributed by atoms with Crippen molar-refractivity contribution in [3.05, 3.63) is 29.3 Å². The van der Waals surface area contributed by atoms with E-state index in [2.05, 4.69) is 24.8 Å². The number of rotatable bonds is 3. The Kier molecular flexibility index (Phi) is 3.95. The number of likely N-dealkylation sites (tertiary alicyclic amines) is 1. The van der Waals surface area contributed by atoms with Gasteiger partial charge in [-0.15, -0.1) is 0 Å². The predicted molar refractivity (Wildman–Crippen MR) is 95.3 cm³/mol. The Morgan fingerprint density at radius 3 is 2.92 bits per heavy atom. The molecule has 3 atom stereocenters. The minimum atomic E-state index is 0.124. The van der Waals surface area contributed by atoms with E-state index in [4.69, 9.17) is 0 Å². The van der Waals surface area contributed by atoms with Crippen LogP contribution in [0.2, 0.25) is 0 Å². The molecule has 1 aromatic rings. The van der Waals surface area contributed by atoms with Gasteiger partial charge in [0.05, 0.1) is 0 Å². The second kappa shape index (κ2) is 5.87. The van der Waals surface area contributed by atoms with E-state index in [9.17, 15) is 9.90 Å². The van der Waals surface area contributed by atoms with Crippen LogP contribution >= 0.6 is 0 Å². The molecule has 3 aliphatic rings. The van der Waals surface area contributed by atoms with E-state index in [0.717, 1.165) is 44.7 Å². The van der Waals surface area contributed by atoms with Crippen LogP contribution in [-0.4, -0.2) is 34.9 Å².